The molecule has 0 saturated heterocycles. The lowest BCUT2D eigenvalue weighted by atomic mass is 9.89. The molecule has 0 saturated carbocycles. The Morgan fingerprint density at radius 3 is 2.61 bits per heavy atom. The van der Waals surface area contributed by atoms with Gasteiger partial charge in [-0.3, -0.25) is 4.79 Å². The SMILES string of the molecule is Cc1ccc(C)c(CNCC(C)(C)CC(=O)O)c1. The highest BCUT2D eigenvalue weighted by atomic mass is 16.4. The number of hydrogen-bond donors (Lipinski definition) is 2. The van der Waals surface area contributed by atoms with Gasteiger partial charge >= 0.3 is 5.97 Å². The van der Waals surface area contributed by atoms with Crippen LogP contribution in [0.25, 0.3) is 0 Å². The van der Waals surface area contributed by atoms with Crippen LogP contribution in [0.4, 0.5) is 0 Å². The Morgan fingerprint density at radius 1 is 1.33 bits per heavy atom. The quantitative estimate of drug-likeness (QED) is 0.815. The Hall–Kier alpha value is -1.35. The van der Waals surface area contributed by atoms with Gasteiger partial charge < -0.3 is 10.4 Å². The standard InChI is InChI=1S/C15H23NO2/c1-11-5-6-12(2)13(7-11)9-16-10-15(3,4)8-14(17)18/h5-7,16H,8-10H2,1-4H3,(H,17,18). The summed E-state index contributed by atoms with van der Waals surface area (Å²) >= 11 is 0. The number of aryl methyl sites for hydroxylation is 2. The van der Waals surface area contributed by atoms with E-state index in [-0.39, 0.29) is 11.8 Å². The van der Waals surface area contributed by atoms with Crippen molar-refractivity contribution in [2.75, 3.05) is 6.54 Å². The summed E-state index contributed by atoms with van der Waals surface area (Å²) in [6.07, 6.45) is 0.187. The van der Waals surface area contributed by atoms with Crippen molar-refractivity contribution in [1.29, 1.82) is 0 Å². The molecule has 0 aliphatic heterocycles. The number of benzene rings is 1. The van der Waals surface area contributed by atoms with E-state index in [0.29, 0.717) is 6.54 Å². The van der Waals surface area contributed by atoms with Crippen molar-refractivity contribution in [1.82, 2.24) is 5.32 Å². The van der Waals surface area contributed by atoms with Crippen LogP contribution in [0.15, 0.2) is 18.2 Å². The summed E-state index contributed by atoms with van der Waals surface area (Å²) in [6, 6.07) is 6.40. The van der Waals surface area contributed by atoms with E-state index in [1.54, 1.807) is 0 Å². The summed E-state index contributed by atoms with van der Waals surface area (Å²) in [7, 11) is 0. The van der Waals surface area contributed by atoms with Gasteiger partial charge in [0.25, 0.3) is 0 Å². The number of aliphatic carboxylic acids is 1. The fraction of sp³-hybridized carbons (Fsp3) is 0.533. The Bertz CT molecular complexity index is 425. The molecule has 1 rings (SSSR count). The molecular formula is C15H23NO2. The number of nitrogens with one attached hydrogen (secondary N) is 1. The van der Waals surface area contributed by atoms with Crippen LogP contribution in [-0.4, -0.2) is 17.6 Å². The van der Waals surface area contributed by atoms with E-state index in [9.17, 15) is 4.79 Å². The van der Waals surface area contributed by atoms with Crippen LogP contribution in [0.5, 0.6) is 0 Å². The minimum atomic E-state index is -0.742. The van der Waals surface area contributed by atoms with Crippen molar-refractivity contribution >= 4 is 5.97 Å². The predicted molar refractivity (Wildman–Crippen MR) is 73.7 cm³/mol. The van der Waals surface area contributed by atoms with E-state index < -0.39 is 5.97 Å². The van der Waals surface area contributed by atoms with E-state index in [1.165, 1.54) is 16.7 Å². The molecule has 0 aliphatic rings. The lowest BCUT2D eigenvalue weighted by Crippen LogP contribution is -2.31. The monoisotopic (exact) mass is 249 g/mol. The van der Waals surface area contributed by atoms with Crippen molar-refractivity contribution in [2.45, 2.75) is 40.7 Å². The number of carboxylic acids is 1. The molecule has 0 bridgehead atoms. The summed E-state index contributed by atoms with van der Waals surface area (Å²) in [4.78, 5) is 10.7. The number of carboxylic acid groups (broad SMARTS) is 1. The molecule has 0 unspecified atom stereocenters. The second kappa shape index (κ2) is 6.01. The van der Waals surface area contributed by atoms with Gasteiger partial charge in [0.1, 0.15) is 0 Å². The highest BCUT2D eigenvalue weighted by Crippen LogP contribution is 2.19. The minimum Gasteiger partial charge on any atom is -0.481 e. The van der Waals surface area contributed by atoms with Crippen LogP contribution in [0, 0.1) is 19.3 Å². The third kappa shape index (κ3) is 4.88. The summed E-state index contributed by atoms with van der Waals surface area (Å²) in [5, 5.41) is 12.2. The number of rotatable bonds is 6. The first-order chi connectivity index (χ1) is 8.30. The van der Waals surface area contributed by atoms with Crippen molar-refractivity contribution in [3.63, 3.8) is 0 Å². The molecule has 0 fully saturated rings. The van der Waals surface area contributed by atoms with Crippen LogP contribution in [-0.2, 0) is 11.3 Å². The molecule has 0 spiro atoms. The summed E-state index contributed by atoms with van der Waals surface area (Å²) in [5.41, 5.74) is 3.58. The average Bonchev–Trinajstić information content (AvgIpc) is 2.21. The van der Waals surface area contributed by atoms with Gasteiger partial charge in [-0.2, -0.15) is 0 Å². The van der Waals surface area contributed by atoms with Crippen molar-refractivity contribution in [2.24, 2.45) is 5.41 Å². The normalized spacial score (nSPS) is 11.6. The van der Waals surface area contributed by atoms with E-state index >= 15 is 0 Å². The first-order valence-electron chi connectivity index (χ1n) is 6.29. The summed E-state index contributed by atoms with van der Waals surface area (Å²) < 4.78 is 0. The molecule has 1 aromatic carbocycles. The largest absolute Gasteiger partial charge is 0.481 e. The fourth-order valence-electron chi connectivity index (χ4n) is 2.00. The first kappa shape index (κ1) is 14.7. The van der Waals surface area contributed by atoms with Gasteiger partial charge in [0.15, 0.2) is 0 Å². The van der Waals surface area contributed by atoms with Crippen LogP contribution in [0.2, 0.25) is 0 Å². The van der Waals surface area contributed by atoms with Gasteiger partial charge in [0.2, 0.25) is 0 Å². The van der Waals surface area contributed by atoms with E-state index in [1.807, 2.05) is 13.8 Å². The molecule has 3 nitrogen and oxygen atoms in total. The summed E-state index contributed by atoms with van der Waals surface area (Å²) in [5.74, 6) is -0.742. The molecule has 0 radical (unpaired) electrons. The molecule has 3 heteroatoms. The Labute approximate surface area is 109 Å². The predicted octanol–water partition coefficient (Wildman–Crippen LogP) is 2.89. The minimum absolute atomic E-state index is 0.187. The van der Waals surface area contributed by atoms with E-state index in [2.05, 4.69) is 37.4 Å². The van der Waals surface area contributed by atoms with Crippen molar-refractivity contribution in [3.05, 3.63) is 34.9 Å². The zero-order valence-corrected chi connectivity index (χ0v) is 11.7. The van der Waals surface area contributed by atoms with Crippen LogP contribution in [0.3, 0.4) is 0 Å². The van der Waals surface area contributed by atoms with Crippen LogP contribution >= 0.6 is 0 Å². The van der Waals surface area contributed by atoms with Crippen LogP contribution < -0.4 is 5.32 Å². The van der Waals surface area contributed by atoms with E-state index in [4.69, 9.17) is 5.11 Å². The lowest BCUT2D eigenvalue weighted by Gasteiger charge is -2.23. The smallest absolute Gasteiger partial charge is 0.303 e. The fourth-order valence-corrected chi connectivity index (χ4v) is 2.00. The Morgan fingerprint density at radius 2 is 2.00 bits per heavy atom. The third-order valence-corrected chi connectivity index (χ3v) is 3.05. The van der Waals surface area contributed by atoms with Gasteiger partial charge in [-0.1, -0.05) is 37.6 Å². The summed E-state index contributed by atoms with van der Waals surface area (Å²) in [6.45, 7) is 9.60. The third-order valence-electron chi connectivity index (χ3n) is 3.05. The van der Waals surface area contributed by atoms with Gasteiger partial charge in [0, 0.05) is 13.1 Å². The zero-order chi connectivity index (χ0) is 13.8. The maximum atomic E-state index is 10.7. The molecular weight excluding hydrogens is 226 g/mol. The van der Waals surface area contributed by atoms with Gasteiger partial charge in [0.05, 0.1) is 6.42 Å². The highest BCUT2D eigenvalue weighted by molar-refractivity contribution is 5.67. The van der Waals surface area contributed by atoms with Gasteiger partial charge in [-0.05, 0) is 30.4 Å². The maximum Gasteiger partial charge on any atom is 0.303 e. The second-order valence-electron chi connectivity index (χ2n) is 5.77. The molecule has 100 valence electrons. The molecule has 0 amide bonds. The Kier molecular flexibility index (Phi) is 4.91. The van der Waals surface area contributed by atoms with Crippen molar-refractivity contribution < 1.29 is 9.90 Å². The second-order valence-corrected chi connectivity index (χ2v) is 5.77. The lowest BCUT2D eigenvalue weighted by molar-refractivity contribution is -0.139. The number of carbonyl (C=O) groups is 1. The van der Waals surface area contributed by atoms with Gasteiger partial charge in [-0.25, -0.2) is 0 Å². The maximum absolute atomic E-state index is 10.7. The molecule has 0 atom stereocenters. The van der Waals surface area contributed by atoms with Crippen molar-refractivity contribution in [3.8, 4) is 0 Å². The Balaban J connectivity index is 2.51. The highest BCUT2D eigenvalue weighted by Gasteiger charge is 2.21. The molecule has 18 heavy (non-hydrogen) atoms. The first-order valence-corrected chi connectivity index (χ1v) is 6.29. The molecule has 2 N–H and O–H groups in total. The average molecular weight is 249 g/mol. The van der Waals surface area contributed by atoms with E-state index in [0.717, 1.165) is 6.54 Å². The number of hydrogen-bond acceptors (Lipinski definition) is 2. The molecule has 1 aromatic rings. The van der Waals surface area contributed by atoms with Crippen LogP contribution in [0.1, 0.15) is 37.0 Å². The molecule has 0 aromatic heterocycles. The topological polar surface area (TPSA) is 49.3 Å². The zero-order valence-electron chi connectivity index (χ0n) is 11.7. The van der Waals surface area contributed by atoms with Gasteiger partial charge in [-0.15, -0.1) is 0 Å². The molecule has 0 heterocycles. The molecule has 0 aliphatic carbocycles.